The molecular weight excluding hydrogens is 318 g/mol. The van der Waals surface area contributed by atoms with Gasteiger partial charge in [0.1, 0.15) is 6.17 Å². The van der Waals surface area contributed by atoms with Crippen molar-refractivity contribution in [1.29, 1.82) is 0 Å². The van der Waals surface area contributed by atoms with E-state index >= 15 is 0 Å². The van der Waals surface area contributed by atoms with Gasteiger partial charge in [-0.25, -0.2) is 0 Å². The topological polar surface area (TPSA) is 50.4 Å². The molecule has 4 aromatic rings. The molecule has 0 bridgehead atoms. The van der Waals surface area contributed by atoms with E-state index in [0.29, 0.717) is 0 Å². The second-order valence-electron chi connectivity index (χ2n) is 6.37. The first-order valence-electron chi connectivity index (χ1n) is 8.76. The van der Waals surface area contributed by atoms with Crippen LogP contribution in [0.4, 0.5) is 0 Å². The number of hydrogen-bond donors (Lipinski definition) is 2. The standard InChI is InChI=1S/C23H21N3/c24-16-26-23(22-12-11-19-6-2-4-8-21(19)14-22)25-15-17-9-10-18-5-1-3-7-20(18)13-17/h1-14,16,23,25H,15H2,(H2,24,26). The number of aliphatic imine (C=N–C) groups is 1. The quantitative estimate of drug-likeness (QED) is 0.406. The van der Waals surface area contributed by atoms with E-state index in [-0.39, 0.29) is 6.17 Å². The Morgan fingerprint density at radius 3 is 2.08 bits per heavy atom. The molecule has 1 unspecified atom stereocenters. The first-order valence-corrected chi connectivity index (χ1v) is 8.76. The minimum absolute atomic E-state index is 0.170. The van der Waals surface area contributed by atoms with Gasteiger partial charge in [0.15, 0.2) is 0 Å². The summed E-state index contributed by atoms with van der Waals surface area (Å²) in [7, 11) is 0. The van der Waals surface area contributed by atoms with Crippen LogP contribution in [0.3, 0.4) is 0 Å². The molecule has 0 heterocycles. The van der Waals surface area contributed by atoms with E-state index in [1.165, 1.54) is 33.4 Å². The van der Waals surface area contributed by atoms with Crippen LogP contribution in [0, 0.1) is 0 Å². The van der Waals surface area contributed by atoms with Gasteiger partial charge in [-0.15, -0.1) is 0 Å². The predicted molar refractivity (Wildman–Crippen MR) is 110 cm³/mol. The maximum atomic E-state index is 5.59. The predicted octanol–water partition coefficient (Wildman–Crippen LogP) is 4.77. The Kier molecular flexibility index (Phi) is 4.63. The average molecular weight is 339 g/mol. The first kappa shape index (κ1) is 16.3. The van der Waals surface area contributed by atoms with Crippen LogP contribution in [0.15, 0.2) is 89.9 Å². The van der Waals surface area contributed by atoms with Crippen molar-refractivity contribution in [2.75, 3.05) is 0 Å². The lowest BCUT2D eigenvalue weighted by Crippen LogP contribution is -2.20. The number of hydrogen-bond acceptors (Lipinski definition) is 2. The summed E-state index contributed by atoms with van der Waals surface area (Å²) >= 11 is 0. The zero-order valence-corrected chi connectivity index (χ0v) is 14.5. The van der Waals surface area contributed by atoms with Crippen LogP contribution < -0.4 is 11.1 Å². The summed E-state index contributed by atoms with van der Waals surface area (Å²) in [6.45, 7) is 0.722. The molecule has 4 aromatic carbocycles. The number of nitrogens with two attached hydrogens (primary N) is 1. The number of fused-ring (bicyclic) bond motifs is 2. The van der Waals surface area contributed by atoms with Gasteiger partial charge in [-0.05, 0) is 44.8 Å². The Morgan fingerprint density at radius 2 is 1.38 bits per heavy atom. The second kappa shape index (κ2) is 7.38. The summed E-state index contributed by atoms with van der Waals surface area (Å²) in [5.41, 5.74) is 7.92. The van der Waals surface area contributed by atoms with Crippen molar-refractivity contribution in [3.63, 3.8) is 0 Å². The summed E-state index contributed by atoms with van der Waals surface area (Å²) in [6.07, 6.45) is 1.20. The largest absolute Gasteiger partial charge is 0.390 e. The molecule has 0 aliphatic rings. The number of benzene rings is 4. The summed E-state index contributed by atoms with van der Waals surface area (Å²) in [5, 5.41) is 8.43. The van der Waals surface area contributed by atoms with E-state index in [1.54, 1.807) is 0 Å². The molecule has 1 atom stereocenters. The van der Waals surface area contributed by atoms with Crippen LogP contribution in [-0.2, 0) is 6.54 Å². The maximum absolute atomic E-state index is 5.59. The van der Waals surface area contributed by atoms with Crippen LogP contribution in [0.5, 0.6) is 0 Å². The van der Waals surface area contributed by atoms with Gasteiger partial charge in [0.25, 0.3) is 0 Å². The fourth-order valence-electron chi connectivity index (χ4n) is 3.28. The number of rotatable bonds is 5. The third-order valence-electron chi connectivity index (χ3n) is 4.64. The van der Waals surface area contributed by atoms with E-state index < -0.39 is 0 Å². The molecular formula is C23H21N3. The first-order chi connectivity index (χ1) is 12.8. The lowest BCUT2D eigenvalue weighted by molar-refractivity contribution is 0.556. The normalized spacial score (nSPS) is 12.8. The zero-order valence-electron chi connectivity index (χ0n) is 14.5. The second-order valence-corrected chi connectivity index (χ2v) is 6.37. The van der Waals surface area contributed by atoms with Crippen molar-refractivity contribution < 1.29 is 0 Å². The minimum Gasteiger partial charge on any atom is -0.390 e. The molecule has 0 aromatic heterocycles. The SMILES string of the molecule is N/C=N\C(NCc1ccc2ccccc2c1)c1ccc2ccccc2c1. The van der Waals surface area contributed by atoms with Crippen LogP contribution >= 0.6 is 0 Å². The molecule has 26 heavy (non-hydrogen) atoms. The van der Waals surface area contributed by atoms with Crippen LogP contribution in [0.1, 0.15) is 17.3 Å². The van der Waals surface area contributed by atoms with Crippen molar-refractivity contribution in [2.45, 2.75) is 12.7 Å². The van der Waals surface area contributed by atoms with Gasteiger partial charge < -0.3 is 5.73 Å². The van der Waals surface area contributed by atoms with Gasteiger partial charge in [-0.1, -0.05) is 72.8 Å². The molecule has 3 nitrogen and oxygen atoms in total. The van der Waals surface area contributed by atoms with Crippen molar-refractivity contribution >= 4 is 27.9 Å². The van der Waals surface area contributed by atoms with Gasteiger partial charge in [-0.2, -0.15) is 0 Å². The van der Waals surface area contributed by atoms with E-state index in [2.05, 4.69) is 95.2 Å². The molecule has 0 aliphatic heterocycles. The van der Waals surface area contributed by atoms with Gasteiger partial charge in [0.05, 0.1) is 6.34 Å². The van der Waals surface area contributed by atoms with Gasteiger partial charge in [0.2, 0.25) is 0 Å². The fourth-order valence-corrected chi connectivity index (χ4v) is 3.28. The van der Waals surface area contributed by atoms with Crippen molar-refractivity contribution in [3.8, 4) is 0 Å². The van der Waals surface area contributed by atoms with E-state index in [9.17, 15) is 0 Å². The summed E-state index contributed by atoms with van der Waals surface area (Å²) in [4.78, 5) is 4.42. The van der Waals surface area contributed by atoms with Crippen LogP contribution in [-0.4, -0.2) is 6.34 Å². The minimum atomic E-state index is -0.170. The summed E-state index contributed by atoms with van der Waals surface area (Å²) < 4.78 is 0. The molecule has 128 valence electrons. The molecule has 0 saturated carbocycles. The van der Waals surface area contributed by atoms with Crippen LogP contribution in [0.25, 0.3) is 21.5 Å². The van der Waals surface area contributed by atoms with Crippen molar-refractivity contribution in [2.24, 2.45) is 10.7 Å². The number of nitrogens with zero attached hydrogens (tertiary/aromatic N) is 1. The maximum Gasteiger partial charge on any atom is 0.127 e. The third kappa shape index (κ3) is 3.44. The molecule has 0 radical (unpaired) electrons. The molecule has 0 amide bonds. The Labute approximate surface area is 153 Å². The van der Waals surface area contributed by atoms with Crippen molar-refractivity contribution in [3.05, 3.63) is 96.1 Å². The molecule has 0 fully saturated rings. The molecule has 0 saturated heterocycles. The molecule has 0 aliphatic carbocycles. The highest BCUT2D eigenvalue weighted by Gasteiger charge is 2.09. The number of nitrogens with one attached hydrogen (secondary N) is 1. The van der Waals surface area contributed by atoms with E-state index in [1.807, 2.05) is 0 Å². The average Bonchev–Trinajstić information content (AvgIpc) is 2.70. The van der Waals surface area contributed by atoms with E-state index in [4.69, 9.17) is 5.73 Å². The lowest BCUT2D eigenvalue weighted by Gasteiger charge is -2.16. The Bertz CT molecular complexity index is 1070. The summed E-state index contributed by atoms with van der Waals surface area (Å²) in [5.74, 6) is 0. The molecule has 0 spiro atoms. The van der Waals surface area contributed by atoms with E-state index in [0.717, 1.165) is 12.1 Å². The van der Waals surface area contributed by atoms with Crippen molar-refractivity contribution in [1.82, 2.24) is 5.32 Å². The van der Waals surface area contributed by atoms with Gasteiger partial charge in [-0.3, -0.25) is 10.3 Å². The molecule has 3 heteroatoms. The Balaban J connectivity index is 1.57. The van der Waals surface area contributed by atoms with Crippen LogP contribution in [0.2, 0.25) is 0 Å². The Hall–Kier alpha value is -3.17. The Morgan fingerprint density at radius 1 is 0.769 bits per heavy atom. The van der Waals surface area contributed by atoms with Gasteiger partial charge in [0, 0.05) is 6.54 Å². The van der Waals surface area contributed by atoms with Gasteiger partial charge >= 0.3 is 0 Å². The lowest BCUT2D eigenvalue weighted by atomic mass is 10.0. The molecule has 4 rings (SSSR count). The zero-order chi connectivity index (χ0) is 17.8. The summed E-state index contributed by atoms with van der Waals surface area (Å²) in [6, 6.07) is 29.6. The third-order valence-corrected chi connectivity index (χ3v) is 4.64. The highest BCUT2D eigenvalue weighted by atomic mass is 15.1. The fraction of sp³-hybridized carbons (Fsp3) is 0.0870. The monoisotopic (exact) mass is 339 g/mol. The highest BCUT2D eigenvalue weighted by Crippen LogP contribution is 2.22. The highest BCUT2D eigenvalue weighted by molar-refractivity contribution is 5.83. The smallest absolute Gasteiger partial charge is 0.127 e. The molecule has 3 N–H and O–H groups in total.